The molecule has 0 aliphatic carbocycles. The highest BCUT2D eigenvalue weighted by Crippen LogP contribution is 2.35. The van der Waals surface area contributed by atoms with E-state index in [2.05, 4.69) is 0 Å². The summed E-state index contributed by atoms with van der Waals surface area (Å²) in [4.78, 5) is 16.0. The number of ketones is 1. The normalized spacial score (nSPS) is 14.7. The lowest BCUT2D eigenvalue weighted by atomic mass is 10.1. The van der Waals surface area contributed by atoms with E-state index in [0.717, 1.165) is 9.10 Å². The fraction of sp³-hybridized carbons (Fsp3) is 0.250. The fourth-order valence-corrected chi connectivity index (χ4v) is 4.53. The SMILES string of the molecule is O=C(C(=S)N1CCOCC1)c1cc(Cl)ccc1Sc1cccs1. The minimum Gasteiger partial charge on any atom is -0.378 e. The van der Waals surface area contributed by atoms with Gasteiger partial charge in [-0.3, -0.25) is 4.79 Å². The Morgan fingerprint density at radius 2 is 2.09 bits per heavy atom. The molecule has 1 saturated heterocycles. The van der Waals surface area contributed by atoms with Gasteiger partial charge in [-0.2, -0.15) is 0 Å². The topological polar surface area (TPSA) is 29.5 Å². The molecule has 7 heteroatoms. The molecule has 0 spiro atoms. The molecule has 1 aliphatic heterocycles. The maximum Gasteiger partial charge on any atom is 0.221 e. The second-order valence-electron chi connectivity index (χ2n) is 4.91. The molecule has 0 bridgehead atoms. The molecule has 2 aromatic rings. The van der Waals surface area contributed by atoms with Crippen molar-refractivity contribution < 1.29 is 9.53 Å². The zero-order chi connectivity index (χ0) is 16.2. The minimum absolute atomic E-state index is 0.150. The number of thiophene rings is 1. The third kappa shape index (κ3) is 4.14. The number of morpholine rings is 1. The van der Waals surface area contributed by atoms with Gasteiger partial charge in [0.15, 0.2) is 4.99 Å². The number of ether oxygens (including phenoxy) is 1. The van der Waals surface area contributed by atoms with Crippen LogP contribution < -0.4 is 0 Å². The van der Waals surface area contributed by atoms with Crippen molar-refractivity contribution in [2.75, 3.05) is 26.3 Å². The molecule has 1 aromatic carbocycles. The number of hydrogen-bond acceptors (Lipinski definition) is 5. The van der Waals surface area contributed by atoms with Crippen molar-refractivity contribution >= 4 is 57.7 Å². The van der Waals surface area contributed by atoms with Gasteiger partial charge in [0.25, 0.3) is 0 Å². The van der Waals surface area contributed by atoms with E-state index in [-0.39, 0.29) is 5.78 Å². The van der Waals surface area contributed by atoms with Crippen molar-refractivity contribution in [3.8, 4) is 0 Å². The van der Waals surface area contributed by atoms with Gasteiger partial charge < -0.3 is 9.64 Å². The number of Topliss-reactive ketones (excluding diaryl/α,β-unsaturated/α-hetero) is 1. The van der Waals surface area contributed by atoms with E-state index in [1.807, 2.05) is 28.5 Å². The Kier molecular flexibility index (Phi) is 5.71. The van der Waals surface area contributed by atoms with E-state index in [4.69, 9.17) is 28.6 Å². The van der Waals surface area contributed by atoms with E-state index in [0.29, 0.717) is 41.9 Å². The molecule has 0 amide bonds. The Morgan fingerprint density at radius 3 is 2.78 bits per heavy atom. The lowest BCUT2D eigenvalue weighted by Gasteiger charge is -2.28. The van der Waals surface area contributed by atoms with Crippen LogP contribution in [-0.4, -0.2) is 42.0 Å². The first-order valence-electron chi connectivity index (χ1n) is 7.07. The van der Waals surface area contributed by atoms with Crippen LogP contribution >= 0.6 is 46.9 Å². The Balaban J connectivity index is 1.86. The first kappa shape index (κ1) is 16.9. The molecule has 1 aliphatic rings. The number of carbonyl (C=O) groups is 1. The van der Waals surface area contributed by atoms with Gasteiger partial charge in [-0.15, -0.1) is 11.3 Å². The van der Waals surface area contributed by atoms with Crippen LogP contribution in [-0.2, 0) is 4.74 Å². The van der Waals surface area contributed by atoms with Gasteiger partial charge in [0, 0.05) is 28.6 Å². The molecule has 0 radical (unpaired) electrons. The van der Waals surface area contributed by atoms with E-state index in [9.17, 15) is 4.79 Å². The lowest BCUT2D eigenvalue weighted by Crippen LogP contribution is -2.43. The number of nitrogens with zero attached hydrogens (tertiary/aromatic N) is 1. The molecule has 3 nitrogen and oxygen atoms in total. The predicted octanol–water partition coefficient (Wildman–Crippen LogP) is 4.40. The summed E-state index contributed by atoms with van der Waals surface area (Å²) >= 11 is 14.7. The maximum atomic E-state index is 12.9. The van der Waals surface area contributed by atoms with Gasteiger partial charge in [-0.1, -0.05) is 41.6 Å². The summed E-state index contributed by atoms with van der Waals surface area (Å²) in [5, 5.41) is 2.55. The molecule has 1 aromatic heterocycles. The van der Waals surface area contributed by atoms with E-state index < -0.39 is 0 Å². The number of rotatable bonds is 4. The van der Waals surface area contributed by atoms with Crippen LogP contribution in [0, 0.1) is 0 Å². The Bertz CT molecular complexity index is 712. The highest BCUT2D eigenvalue weighted by atomic mass is 35.5. The predicted molar refractivity (Wildman–Crippen MR) is 99.2 cm³/mol. The zero-order valence-corrected chi connectivity index (χ0v) is 15.4. The van der Waals surface area contributed by atoms with Crippen molar-refractivity contribution in [3.05, 3.63) is 46.3 Å². The molecule has 0 N–H and O–H groups in total. The van der Waals surface area contributed by atoms with Gasteiger partial charge in [0.05, 0.1) is 17.4 Å². The van der Waals surface area contributed by atoms with Gasteiger partial charge in [-0.05, 0) is 29.6 Å². The smallest absolute Gasteiger partial charge is 0.221 e. The van der Waals surface area contributed by atoms with Crippen LogP contribution in [0.3, 0.4) is 0 Å². The summed E-state index contributed by atoms with van der Waals surface area (Å²) < 4.78 is 6.44. The monoisotopic (exact) mass is 383 g/mol. The summed E-state index contributed by atoms with van der Waals surface area (Å²) in [5.74, 6) is -0.150. The minimum atomic E-state index is -0.150. The maximum absolute atomic E-state index is 12.9. The van der Waals surface area contributed by atoms with Crippen LogP contribution in [0.25, 0.3) is 0 Å². The van der Waals surface area contributed by atoms with E-state index >= 15 is 0 Å². The van der Waals surface area contributed by atoms with Crippen LogP contribution in [0.5, 0.6) is 0 Å². The van der Waals surface area contributed by atoms with Crippen molar-refractivity contribution in [3.63, 3.8) is 0 Å². The third-order valence-electron chi connectivity index (χ3n) is 3.38. The highest BCUT2D eigenvalue weighted by Gasteiger charge is 2.23. The van der Waals surface area contributed by atoms with Crippen LogP contribution in [0.4, 0.5) is 0 Å². The van der Waals surface area contributed by atoms with Crippen molar-refractivity contribution in [2.24, 2.45) is 0 Å². The molecule has 23 heavy (non-hydrogen) atoms. The summed E-state index contributed by atoms with van der Waals surface area (Å²) in [6.45, 7) is 2.50. The molecule has 3 rings (SSSR count). The number of halogens is 1. The van der Waals surface area contributed by atoms with Gasteiger partial charge in [0.1, 0.15) is 0 Å². The van der Waals surface area contributed by atoms with Crippen molar-refractivity contribution in [1.82, 2.24) is 4.90 Å². The Morgan fingerprint density at radius 1 is 1.30 bits per heavy atom. The number of thiocarbonyl (C=S) groups is 1. The molecule has 2 heterocycles. The highest BCUT2D eigenvalue weighted by molar-refractivity contribution is 8.01. The zero-order valence-electron chi connectivity index (χ0n) is 12.2. The second kappa shape index (κ2) is 7.77. The summed E-state index contributed by atoms with van der Waals surface area (Å²) in [7, 11) is 0. The summed E-state index contributed by atoms with van der Waals surface area (Å²) in [6, 6.07) is 9.39. The molecule has 0 atom stereocenters. The van der Waals surface area contributed by atoms with Gasteiger partial charge in [0.2, 0.25) is 5.78 Å². The van der Waals surface area contributed by atoms with Gasteiger partial charge in [-0.25, -0.2) is 0 Å². The molecular formula is C16H14ClNO2S3. The van der Waals surface area contributed by atoms with Gasteiger partial charge >= 0.3 is 0 Å². The first-order valence-corrected chi connectivity index (χ1v) is 9.55. The van der Waals surface area contributed by atoms with E-state index in [1.165, 1.54) is 0 Å². The Labute approximate surface area is 153 Å². The van der Waals surface area contributed by atoms with Crippen LogP contribution in [0.1, 0.15) is 10.4 Å². The quantitative estimate of drug-likeness (QED) is 0.576. The largest absolute Gasteiger partial charge is 0.378 e. The lowest BCUT2D eigenvalue weighted by molar-refractivity contribution is 0.0670. The Hall–Kier alpha value is -0.920. The van der Waals surface area contributed by atoms with E-state index in [1.54, 1.807) is 35.2 Å². The fourth-order valence-electron chi connectivity index (χ4n) is 2.22. The number of benzene rings is 1. The van der Waals surface area contributed by atoms with Crippen LogP contribution in [0.15, 0.2) is 44.8 Å². The van der Waals surface area contributed by atoms with Crippen molar-refractivity contribution in [1.29, 1.82) is 0 Å². The second-order valence-corrected chi connectivity index (χ2v) is 8.02. The molecule has 1 fully saturated rings. The molecule has 0 saturated carbocycles. The molecular weight excluding hydrogens is 370 g/mol. The average molecular weight is 384 g/mol. The third-order valence-corrected chi connectivity index (χ3v) is 6.18. The summed E-state index contributed by atoms with van der Waals surface area (Å²) in [5.41, 5.74) is 0.562. The standard InChI is InChI=1S/C16H14ClNO2S3/c17-11-3-4-13(23-14-2-1-9-22-14)12(10-11)15(19)16(21)18-5-7-20-8-6-18/h1-4,9-10H,5-8H2. The van der Waals surface area contributed by atoms with Crippen LogP contribution in [0.2, 0.25) is 5.02 Å². The summed E-state index contributed by atoms with van der Waals surface area (Å²) in [6.07, 6.45) is 0. The number of carbonyl (C=O) groups excluding carboxylic acids is 1. The first-order chi connectivity index (χ1) is 11.1. The number of hydrogen-bond donors (Lipinski definition) is 0. The average Bonchev–Trinajstić information content (AvgIpc) is 3.09. The molecule has 120 valence electrons. The van der Waals surface area contributed by atoms with Crippen molar-refractivity contribution in [2.45, 2.75) is 9.10 Å². The molecule has 0 unspecified atom stereocenters.